The summed E-state index contributed by atoms with van der Waals surface area (Å²) in [7, 11) is 3.47. The summed E-state index contributed by atoms with van der Waals surface area (Å²) >= 11 is 1.58. The molecule has 0 bridgehead atoms. The molecule has 1 aromatic heterocycles. The van der Waals surface area contributed by atoms with Crippen molar-refractivity contribution in [2.45, 2.75) is 19.4 Å². The van der Waals surface area contributed by atoms with Crippen LogP contribution in [-0.2, 0) is 4.79 Å². The van der Waals surface area contributed by atoms with E-state index in [2.05, 4.69) is 4.98 Å². The van der Waals surface area contributed by atoms with Gasteiger partial charge in [-0.25, -0.2) is 4.98 Å². The van der Waals surface area contributed by atoms with Crippen LogP contribution in [0, 0.1) is 6.92 Å². The van der Waals surface area contributed by atoms with E-state index in [0.717, 1.165) is 16.3 Å². The third kappa shape index (κ3) is 2.99. The lowest BCUT2D eigenvalue weighted by Gasteiger charge is -2.23. The minimum Gasteiger partial charge on any atom is -0.344 e. The van der Waals surface area contributed by atoms with Crippen molar-refractivity contribution < 1.29 is 9.59 Å². The van der Waals surface area contributed by atoms with Gasteiger partial charge in [-0.05, 0) is 25.5 Å². The Morgan fingerprint density at radius 2 is 2.22 bits per heavy atom. The first-order chi connectivity index (χ1) is 11.0. The number of benzene rings is 1. The molecule has 0 radical (unpaired) electrons. The molecule has 1 saturated heterocycles. The highest BCUT2D eigenvalue weighted by atomic mass is 32.1. The predicted molar refractivity (Wildman–Crippen MR) is 90.4 cm³/mol. The summed E-state index contributed by atoms with van der Waals surface area (Å²) in [5.41, 5.74) is 2.38. The highest BCUT2D eigenvalue weighted by Crippen LogP contribution is 2.24. The van der Waals surface area contributed by atoms with Crippen LogP contribution in [0.4, 0.5) is 0 Å². The molecule has 0 N–H and O–H groups in total. The summed E-state index contributed by atoms with van der Waals surface area (Å²) in [6.45, 7) is 2.65. The maximum Gasteiger partial charge on any atom is 0.254 e. The van der Waals surface area contributed by atoms with Gasteiger partial charge in [0.2, 0.25) is 5.91 Å². The maximum absolute atomic E-state index is 12.7. The molecule has 3 rings (SSSR count). The molecule has 1 aliphatic rings. The van der Waals surface area contributed by atoms with Gasteiger partial charge >= 0.3 is 0 Å². The van der Waals surface area contributed by atoms with Crippen molar-refractivity contribution in [2.75, 3.05) is 20.6 Å². The van der Waals surface area contributed by atoms with Crippen LogP contribution in [0.2, 0.25) is 0 Å². The molecule has 1 aromatic carbocycles. The SMILES string of the molecule is Cc1nc(-c2cccc(C(=O)N(C)[C@H]3CCN(C)C3=O)c2)cs1. The lowest BCUT2D eigenvalue weighted by Crippen LogP contribution is -2.42. The van der Waals surface area contributed by atoms with Crippen LogP contribution in [0.25, 0.3) is 11.3 Å². The van der Waals surface area contributed by atoms with E-state index in [1.165, 1.54) is 0 Å². The minimum absolute atomic E-state index is 0.00660. The predicted octanol–water partition coefficient (Wildman–Crippen LogP) is 2.42. The second-order valence-electron chi connectivity index (χ2n) is 5.81. The lowest BCUT2D eigenvalue weighted by atomic mass is 10.1. The van der Waals surface area contributed by atoms with Crippen molar-refractivity contribution in [2.24, 2.45) is 0 Å². The van der Waals surface area contributed by atoms with Crippen LogP contribution >= 0.6 is 11.3 Å². The van der Waals surface area contributed by atoms with Gasteiger partial charge in [0.15, 0.2) is 0 Å². The number of aromatic nitrogens is 1. The molecule has 2 amide bonds. The van der Waals surface area contributed by atoms with Gasteiger partial charge in [0.05, 0.1) is 10.7 Å². The maximum atomic E-state index is 12.7. The Hall–Kier alpha value is -2.21. The zero-order chi connectivity index (χ0) is 16.6. The fourth-order valence-electron chi connectivity index (χ4n) is 2.82. The summed E-state index contributed by atoms with van der Waals surface area (Å²) in [6.07, 6.45) is 0.683. The van der Waals surface area contributed by atoms with Crippen LogP contribution in [0.15, 0.2) is 29.6 Å². The first kappa shape index (κ1) is 15.7. The van der Waals surface area contributed by atoms with Gasteiger partial charge in [-0.3, -0.25) is 9.59 Å². The molecule has 0 aliphatic carbocycles. The van der Waals surface area contributed by atoms with Gasteiger partial charge in [-0.1, -0.05) is 12.1 Å². The number of amides is 2. The summed E-state index contributed by atoms with van der Waals surface area (Å²) in [5, 5.41) is 2.98. The summed E-state index contributed by atoms with van der Waals surface area (Å²) < 4.78 is 0. The number of nitrogens with zero attached hydrogens (tertiary/aromatic N) is 3. The molecule has 2 heterocycles. The van der Waals surface area contributed by atoms with Crippen LogP contribution in [-0.4, -0.2) is 53.3 Å². The van der Waals surface area contributed by atoms with Gasteiger partial charge in [0, 0.05) is 37.1 Å². The number of carbonyl (C=O) groups is 2. The molecule has 5 nitrogen and oxygen atoms in total. The monoisotopic (exact) mass is 329 g/mol. The quantitative estimate of drug-likeness (QED) is 0.869. The minimum atomic E-state index is -0.363. The number of hydrogen-bond donors (Lipinski definition) is 0. The zero-order valence-electron chi connectivity index (χ0n) is 13.4. The van der Waals surface area contributed by atoms with Crippen LogP contribution in [0.5, 0.6) is 0 Å². The summed E-state index contributed by atoms with van der Waals surface area (Å²) in [6, 6.07) is 7.06. The Morgan fingerprint density at radius 1 is 1.43 bits per heavy atom. The molecular weight excluding hydrogens is 310 g/mol. The van der Waals surface area contributed by atoms with Crippen molar-refractivity contribution in [3.8, 4) is 11.3 Å². The first-order valence-corrected chi connectivity index (χ1v) is 8.40. The third-order valence-corrected chi connectivity index (χ3v) is 4.98. The van der Waals surface area contributed by atoms with Gasteiger partial charge < -0.3 is 9.80 Å². The molecule has 23 heavy (non-hydrogen) atoms. The van der Waals surface area contributed by atoms with E-state index in [4.69, 9.17) is 0 Å². The van der Waals surface area contributed by atoms with Crippen molar-refractivity contribution >= 4 is 23.2 Å². The van der Waals surface area contributed by atoms with Crippen molar-refractivity contribution in [1.29, 1.82) is 0 Å². The Morgan fingerprint density at radius 3 is 2.83 bits per heavy atom. The molecule has 1 aliphatic heterocycles. The van der Waals surface area contributed by atoms with Crippen LogP contribution < -0.4 is 0 Å². The fourth-order valence-corrected chi connectivity index (χ4v) is 3.44. The number of likely N-dealkylation sites (tertiary alicyclic amines) is 1. The average Bonchev–Trinajstić information content (AvgIpc) is 3.13. The third-order valence-electron chi connectivity index (χ3n) is 4.21. The molecular formula is C17H19N3O2S. The topological polar surface area (TPSA) is 53.5 Å². The Kier molecular flexibility index (Phi) is 4.17. The normalized spacial score (nSPS) is 17.6. The van der Waals surface area contributed by atoms with E-state index >= 15 is 0 Å². The second-order valence-corrected chi connectivity index (χ2v) is 6.88. The summed E-state index contributed by atoms with van der Waals surface area (Å²) in [5.74, 6) is -0.125. The highest BCUT2D eigenvalue weighted by molar-refractivity contribution is 7.09. The van der Waals surface area contributed by atoms with E-state index < -0.39 is 0 Å². The van der Waals surface area contributed by atoms with Gasteiger partial charge in [-0.2, -0.15) is 0 Å². The Bertz CT molecular complexity index is 756. The number of aryl methyl sites for hydroxylation is 1. The molecule has 1 atom stereocenters. The number of likely N-dealkylation sites (N-methyl/N-ethyl adjacent to an activating group) is 2. The van der Waals surface area contributed by atoms with Crippen molar-refractivity contribution in [3.05, 3.63) is 40.2 Å². The van der Waals surface area contributed by atoms with Crippen LogP contribution in [0.3, 0.4) is 0 Å². The molecule has 1 fully saturated rings. The number of carbonyl (C=O) groups excluding carboxylic acids is 2. The number of rotatable bonds is 3. The van der Waals surface area contributed by atoms with E-state index in [-0.39, 0.29) is 17.9 Å². The van der Waals surface area contributed by atoms with E-state index in [0.29, 0.717) is 18.5 Å². The largest absolute Gasteiger partial charge is 0.344 e. The molecule has 0 unspecified atom stereocenters. The smallest absolute Gasteiger partial charge is 0.254 e. The molecule has 0 saturated carbocycles. The average molecular weight is 329 g/mol. The zero-order valence-corrected chi connectivity index (χ0v) is 14.3. The van der Waals surface area contributed by atoms with Crippen LogP contribution in [0.1, 0.15) is 21.8 Å². The molecule has 2 aromatic rings. The molecule has 6 heteroatoms. The fraction of sp³-hybridized carbons (Fsp3) is 0.353. The highest BCUT2D eigenvalue weighted by Gasteiger charge is 2.34. The van der Waals surface area contributed by atoms with Gasteiger partial charge in [-0.15, -0.1) is 11.3 Å². The van der Waals surface area contributed by atoms with Gasteiger partial charge in [0.25, 0.3) is 5.91 Å². The number of hydrogen-bond acceptors (Lipinski definition) is 4. The van der Waals surface area contributed by atoms with Crippen molar-refractivity contribution in [3.63, 3.8) is 0 Å². The second kappa shape index (κ2) is 6.12. The van der Waals surface area contributed by atoms with E-state index in [1.54, 1.807) is 41.3 Å². The Labute approximate surface area is 139 Å². The first-order valence-electron chi connectivity index (χ1n) is 7.52. The van der Waals surface area contributed by atoms with E-state index in [9.17, 15) is 9.59 Å². The van der Waals surface area contributed by atoms with E-state index in [1.807, 2.05) is 30.5 Å². The molecule has 0 spiro atoms. The Balaban J connectivity index is 1.84. The van der Waals surface area contributed by atoms with Gasteiger partial charge in [0.1, 0.15) is 6.04 Å². The lowest BCUT2D eigenvalue weighted by molar-refractivity contribution is -0.130. The molecule has 120 valence electrons. The standard InChI is InChI=1S/C17H19N3O2S/c1-11-18-14(10-23-11)12-5-4-6-13(9-12)16(21)20(3)15-7-8-19(2)17(15)22/h4-6,9-10,15H,7-8H2,1-3H3/t15-/m0/s1. The number of thiazole rings is 1. The van der Waals surface area contributed by atoms with Crippen molar-refractivity contribution in [1.82, 2.24) is 14.8 Å². The summed E-state index contributed by atoms with van der Waals surface area (Å²) in [4.78, 5) is 32.5.